The van der Waals surface area contributed by atoms with E-state index in [9.17, 15) is 0 Å². The molecule has 5 nitrogen and oxygen atoms in total. The molecule has 1 N–H and O–H groups in total. The van der Waals surface area contributed by atoms with Gasteiger partial charge < -0.3 is 15.0 Å². The van der Waals surface area contributed by atoms with E-state index >= 15 is 0 Å². The Bertz CT molecular complexity index is 493. The fourth-order valence-electron chi connectivity index (χ4n) is 3.32. The molecular weight excluding hydrogens is 264 g/mol. The van der Waals surface area contributed by atoms with Gasteiger partial charge in [0.25, 0.3) is 0 Å². The zero-order valence-electron chi connectivity index (χ0n) is 13.4. The molecule has 21 heavy (non-hydrogen) atoms. The summed E-state index contributed by atoms with van der Waals surface area (Å²) in [5.74, 6) is 3.04. The molecule has 0 amide bonds. The second kappa shape index (κ2) is 6.18. The van der Waals surface area contributed by atoms with Crippen LogP contribution in [0.15, 0.2) is 0 Å². The zero-order chi connectivity index (χ0) is 14.8. The van der Waals surface area contributed by atoms with E-state index in [0.29, 0.717) is 12.2 Å². The number of aromatic nitrogens is 2. The lowest BCUT2D eigenvalue weighted by Gasteiger charge is -2.34. The average Bonchev–Trinajstić information content (AvgIpc) is 2.81. The number of nitrogens with one attached hydrogen (secondary N) is 1. The van der Waals surface area contributed by atoms with Crippen LogP contribution in [0.1, 0.15) is 44.5 Å². The molecule has 0 aromatic carbocycles. The normalized spacial score (nSPS) is 24.4. The number of nitrogens with zero attached hydrogens (tertiary/aromatic N) is 3. The molecule has 2 saturated heterocycles. The first-order valence-electron chi connectivity index (χ1n) is 8.23. The van der Waals surface area contributed by atoms with Crippen LogP contribution in [0.25, 0.3) is 0 Å². The third-order valence-electron chi connectivity index (χ3n) is 4.33. The van der Waals surface area contributed by atoms with E-state index in [1.54, 1.807) is 0 Å². The van der Waals surface area contributed by atoms with Crippen LogP contribution in [0.5, 0.6) is 0 Å². The van der Waals surface area contributed by atoms with Crippen LogP contribution in [-0.2, 0) is 11.2 Å². The van der Waals surface area contributed by atoms with Crippen molar-refractivity contribution in [1.82, 2.24) is 9.97 Å². The molecule has 1 aromatic rings. The average molecular weight is 290 g/mol. The summed E-state index contributed by atoms with van der Waals surface area (Å²) in [4.78, 5) is 11.9. The Morgan fingerprint density at radius 3 is 2.52 bits per heavy atom. The van der Waals surface area contributed by atoms with E-state index in [0.717, 1.165) is 55.5 Å². The minimum Gasteiger partial charge on any atom is -0.371 e. The number of aryl methyl sites for hydroxylation is 1. The van der Waals surface area contributed by atoms with Gasteiger partial charge in [-0.05, 0) is 33.1 Å². The Labute approximate surface area is 127 Å². The number of hydrogen-bond acceptors (Lipinski definition) is 5. The van der Waals surface area contributed by atoms with Crippen molar-refractivity contribution in [1.29, 1.82) is 0 Å². The Morgan fingerprint density at radius 2 is 1.90 bits per heavy atom. The van der Waals surface area contributed by atoms with Crippen LogP contribution in [0.4, 0.5) is 11.6 Å². The van der Waals surface area contributed by atoms with Crippen LogP contribution in [0, 0.1) is 6.92 Å². The maximum absolute atomic E-state index is 5.94. The van der Waals surface area contributed by atoms with Crippen molar-refractivity contribution in [3.05, 3.63) is 11.4 Å². The number of hydrogen-bond donors (Lipinski definition) is 1. The summed E-state index contributed by atoms with van der Waals surface area (Å²) in [7, 11) is 0. The fraction of sp³-hybridized carbons (Fsp3) is 0.750. The zero-order valence-corrected chi connectivity index (χ0v) is 13.4. The molecule has 116 valence electrons. The molecule has 2 aliphatic rings. The fourth-order valence-corrected chi connectivity index (χ4v) is 3.32. The number of fused-ring (bicyclic) bond motifs is 2. The maximum Gasteiger partial charge on any atom is 0.137 e. The van der Waals surface area contributed by atoms with Gasteiger partial charge >= 0.3 is 0 Å². The van der Waals surface area contributed by atoms with E-state index in [2.05, 4.69) is 36.0 Å². The van der Waals surface area contributed by atoms with Gasteiger partial charge in [0.1, 0.15) is 17.5 Å². The first-order chi connectivity index (χ1) is 10.2. The van der Waals surface area contributed by atoms with Crippen LogP contribution >= 0.6 is 0 Å². The summed E-state index contributed by atoms with van der Waals surface area (Å²) in [6, 6.07) is 0. The Hall–Kier alpha value is -1.36. The molecule has 0 spiro atoms. The van der Waals surface area contributed by atoms with Gasteiger partial charge in [-0.1, -0.05) is 6.92 Å². The lowest BCUT2D eigenvalue weighted by Crippen LogP contribution is -2.43. The van der Waals surface area contributed by atoms with E-state index in [1.165, 1.54) is 12.8 Å². The number of anilines is 2. The second-order valence-corrected chi connectivity index (χ2v) is 6.08. The number of ether oxygens (including phenoxy) is 1. The molecule has 2 aliphatic heterocycles. The lowest BCUT2D eigenvalue weighted by atomic mass is 10.2. The molecule has 1 aromatic heterocycles. The maximum atomic E-state index is 5.94. The summed E-state index contributed by atoms with van der Waals surface area (Å²) in [5, 5.41) is 3.38. The van der Waals surface area contributed by atoms with Crippen molar-refractivity contribution in [3.63, 3.8) is 0 Å². The number of morpholine rings is 1. The minimum absolute atomic E-state index is 0.385. The SMILES string of the molecule is CCCc1nc(NCC)c(C)c(N2CC3CCC(C2)O3)n1. The third kappa shape index (κ3) is 2.98. The minimum atomic E-state index is 0.385. The van der Waals surface area contributed by atoms with Crippen molar-refractivity contribution in [3.8, 4) is 0 Å². The quantitative estimate of drug-likeness (QED) is 0.903. The van der Waals surface area contributed by atoms with Crippen molar-refractivity contribution in [2.75, 3.05) is 29.9 Å². The standard InChI is InChI=1S/C16H26N4O/c1-4-6-14-18-15(17-5-2)11(3)16(19-14)20-9-12-7-8-13(10-20)21-12/h12-13H,4-10H2,1-3H3,(H,17,18,19). The lowest BCUT2D eigenvalue weighted by molar-refractivity contribution is 0.0301. The van der Waals surface area contributed by atoms with Crippen LogP contribution in [0.2, 0.25) is 0 Å². The highest BCUT2D eigenvalue weighted by Gasteiger charge is 2.35. The largest absolute Gasteiger partial charge is 0.371 e. The molecule has 2 bridgehead atoms. The molecule has 5 heteroatoms. The van der Waals surface area contributed by atoms with Crippen molar-refractivity contribution in [2.45, 2.75) is 58.7 Å². The molecule has 2 fully saturated rings. The van der Waals surface area contributed by atoms with Gasteiger partial charge in [0, 0.05) is 31.6 Å². The highest BCUT2D eigenvalue weighted by molar-refractivity contribution is 5.59. The molecule has 3 rings (SSSR count). The van der Waals surface area contributed by atoms with Gasteiger partial charge in [-0.3, -0.25) is 0 Å². The van der Waals surface area contributed by atoms with Gasteiger partial charge in [-0.2, -0.15) is 0 Å². The highest BCUT2D eigenvalue weighted by Crippen LogP contribution is 2.32. The second-order valence-electron chi connectivity index (χ2n) is 6.08. The van der Waals surface area contributed by atoms with Crippen LogP contribution < -0.4 is 10.2 Å². The van der Waals surface area contributed by atoms with E-state index in [4.69, 9.17) is 9.72 Å². The Kier molecular flexibility index (Phi) is 4.29. The molecule has 0 radical (unpaired) electrons. The predicted molar refractivity (Wildman–Crippen MR) is 85.0 cm³/mol. The molecule has 0 aliphatic carbocycles. The van der Waals surface area contributed by atoms with Gasteiger partial charge in [-0.15, -0.1) is 0 Å². The summed E-state index contributed by atoms with van der Waals surface area (Å²) >= 11 is 0. The molecule has 0 saturated carbocycles. The molecule has 3 heterocycles. The van der Waals surface area contributed by atoms with Crippen molar-refractivity contribution >= 4 is 11.6 Å². The number of rotatable bonds is 5. The van der Waals surface area contributed by atoms with E-state index in [-0.39, 0.29) is 0 Å². The monoisotopic (exact) mass is 290 g/mol. The predicted octanol–water partition coefficient (Wildman–Crippen LogP) is 2.54. The van der Waals surface area contributed by atoms with Gasteiger partial charge in [0.05, 0.1) is 12.2 Å². The Morgan fingerprint density at radius 1 is 1.19 bits per heavy atom. The van der Waals surface area contributed by atoms with E-state index in [1.807, 2.05) is 0 Å². The van der Waals surface area contributed by atoms with Crippen molar-refractivity contribution in [2.24, 2.45) is 0 Å². The first kappa shape index (κ1) is 14.6. The summed E-state index contributed by atoms with van der Waals surface area (Å²) in [6.45, 7) is 9.22. The van der Waals surface area contributed by atoms with Gasteiger partial charge in [-0.25, -0.2) is 9.97 Å². The van der Waals surface area contributed by atoms with Gasteiger partial charge in [0.15, 0.2) is 0 Å². The third-order valence-corrected chi connectivity index (χ3v) is 4.33. The molecular formula is C16H26N4O. The van der Waals surface area contributed by atoms with Crippen molar-refractivity contribution < 1.29 is 4.74 Å². The van der Waals surface area contributed by atoms with Crippen LogP contribution in [-0.4, -0.2) is 41.8 Å². The summed E-state index contributed by atoms with van der Waals surface area (Å²) in [6.07, 6.45) is 5.15. The first-order valence-corrected chi connectivity index (χ1v) is 8.23. The molecule has 2 atom stereocenters. The Balaban J connectivity index is 1.92. The summed E-state index contributed by atoms with van der Waals surface area (Å²) in [5.41, 5.74) is 1.16. The van der Waals surface area contributed by atoms with Gasteiger partial charge in [0.2, 0.25) is 0 Å². The highest BCUT2D eigenvalue weighted by atomic mass is 16.5. The van der Waals surface area contributed by atoms with E-state index < -0.39 is 0 Å². The molecule has 2 unspecified atom stereocenters. The summed E-state index contributed by atoms with van der Waals surface area (Å²) < 4.78 is 5.94. The smallest absolute Gasteiger partial charge is 0.137 e. The topological polar surface area (TPSA) is 50.3 Å². The van der Waals surface area contributed by atoms with Crippen LogP contribution in [0.3, 0.4) is 0 Å².